The zero-order chi connectivity index (χ0) is 23.8. The zero-order valence-corrected chi connectivity index (χ0v) is 21.6. The van der Waals surface area contributed by atoms with Crippen LogP contribution in [-0.4, -0.2) is 48.4 Å². The number of esters is 1. The Morgan fingerprint density at radius 3 is 2.61 bits per heavy atom. The normalized spacial score (nSPS) is 19.9. The number of rotatable bonds is 9. The molecule has 33 heavy (non-hydrogen) atoms. The van der Waals surface area contributed by atoms with Crippen LogP contribution in [0.25, 0.3) is 0 Å². The van der Waals surface area contributed by atoms with E-state index in [1.165, 1.54) is 19.3 Å². The van der Waals surface area contributed by atoms with Gasteiger partial charge in [-0.3, -0.25) is 9.59 Å². The van der Waals surface area contributed by atoms with E-state index in [1.807, 2.05) is 32.9 Å². The smallest absolute Gasteiger partial charge is 0.311 e. The number of ether oxygens (including phenoxy) is 1. The van der Waals surface area contributed by atoms with Crippen molar-refractivity contribution >= 4 is 29.5 Å². The Hall–Kier alpha value is -1.76. The van der Waals surface area contributed by atoms with Crippen LogP contribution in [0.5, 0.6) is 0 Å². The number of carbonyl (C=O) groups excluding carboxylic acids is 2. The van der Waals surface area contributed by atoms with Crippen molar-refractivity contribution in [2.45, 2.75) is 90.1 Å². The van der Waals surface area contributed by atoms with Crippen LogP contribution in [0.15, 0.2) is 17.2 Å². The van der Waals surface area contributed by atoms with Gasteiger partial charge in [-0.05, 0) is 76.7 Å². The van der Waals surface area contributed by atoms with Crippen molar-refractivity contribution in [1.82, 2.24) is 10.3 Å². The van der Waals surface area contributed by atoms with Crippen LogP contribution in [0.2, 0.25) is 0 Å². The molecule has 1 saturated carbocycles. The largest absolute Gasteiger partial charge is 0.466 e. The second-order valence-electron chi connectivity index (χ2n) is 9.91. The maximum absolute atomic E-state index is 13.1. The Morgan fingerprint density at radius 1 is 1.15 bits per heavy atom. The highest BCUT2D eigenvalue weighted by Crippen LogP contribution is 2.37. The summed E-state index contributed by atoms with van der Waals surface area (Å²) in [5, 5.41) is 4.06. The van der Waals surface area contributed by atoms with Crippen LogP contribution in [0.1, 0.15) is 89.4 Å². The highest BCUT2D eigenvalue weighted by atomic mass is 32.2. The van der Waals surface area contributed by atoms with E-state index in [-0.39, 0.29) is 23.8 Å². The molecule has 1 aliphatic carbocycles. The summed E-state index contributed by atoms with van der Waals surface area (Å²) in [7, 11) is 0. The Bertz CT molecular complexity index is 808. The van der Waals surface area contributed by atoms with Gasteiger partial charge in [-0.15, -0.1) is 11.8 Å². The van der Waals surface area contributed by atoms with E-state index in [2.05, 4.69) is 17.1 Å². The molecule has 1 aromatic rings. The van der Waals surface area contributed by atoms with Crippen LogP contribution < -0.4 is 10.2 Å². The average Bonchev–Trinajstić information content (AvgIpc) is 2.83. The van der Waals surface area contributed by atoms with Crippen LogP contribution in [-0.2, 0) is 9.53 Å². The highest BCUT2D eigenvalue weighted by molar-refractivity contribution is 7.99. The average molecular weight is 476 g/mol. The minimum atomic E-state index is -0.533. The molecule has 2 fully saturated rings. The van der Waals surface area contributed by atoms with Gasteiger partial charge in [0.2, 0.25) is 0 Å². The molecule has 1 amide bonds. The van der Waals surface area contributed by atoms with Gasteiger partial charge in [-0.25, -0.2) is 4.98 Å². The Morgan fingerprint density at radius 2 is 1.91 bits per heavy atom. The number of nitrogens with zero attached hydrogens (tertiary/aromatic N) is 2. The zero-order valence-electron chi connectivity index (χ0n) is 20.8. The highest BCUT2D eigenvalue weighted by Gasteiger charge is 2.40. The molecule has 0 aromatic carbocycles. The Balaban J connectivity index is 1.76. The molecule has 0 radical (unpaired) electrons. The van der Waals surface area contributed by atoms with E-state index in [9.17, 15) is 9.59 Å². The van der Waals surface area contributed by atoms with Gasteiger partial charge >= 0.3 is 5.97 Å². The Labute approximate surface area is 203 Å². The molecule has 1 saturated heterocycles. The lowest BCUT2D eigenvalue weighted by Gasteiger charge is -2.40. The second kappa shape index (κ2) is 12.1. The van der Waals surface area contributed by atoms with Crippen molar-refractivity contribution in [3.63, 3.8) is 0 Å². The quantitative estimate of drug-likeness (QED) is 0.378. The number of piperidine rings is 1. The van der Waals surface area contributed by atoms with Crippen LogP contribution in [0.4, 0.5) is 5.82 Å². The van der Waals surface area contributed by atoms with Crippen molar-refractivity contribution in [3.8, 4) is 0 Å². The molecule has 1 aliphatic heterocycles. The number of nitrogens with one attached hydrogen (secondary N) is 1. The summed E-state index contributed by atoms with van der Waals surface area (Å²) in [6.07, 6.45) is 8.83. The first-order valence-corrected chi connectivity index (χ1v) is 13.7. The van der Waals surface area contributed by atoms with Crippen molar-refractivity contribution in [2.24, 2.45) is 11.3 Å². The van der Waals surface area contributed by atoms with Gasteiger partial charge in [0, 0.05) is 19.1 Å². The van der Waals surface area contributed by atoms with Gasteiger partial charge in [0.1, 0.15) is 10.8 Å². The maximum Gasteiger partial charge on any atom is 0.311 e. The third kappa shape index (κ3) is 6.65. The van der Waals surface area contributed by atoms with E-state index in [1.54, 1.807) is 11.8 Å². The standard InChI is InChI=1S/C26H41N3O3S/c1-5-17-33-24-21(23(30)27-20-12-8-7-9-13-20)14-15-22(28-24)29-16-10-11-19(18-29)26(3,4)25(31)32-6-2/h14-15,19-20H,5-13,16-18H2,1-4H3,(H,27,30). The van der Waals surface area contributed by atoms with Crippen molar-refractivity contribution in [1.29, 1.82) is 0 Å². The van der Waals surface area contributed by atoms with Crippen LogP contribution in [0, 0.1) is 11.3 Å². The van der Waals surface area contributed by atoms with Gasteiger partial charge in [0.15, 0.2) is 0 Å². The fourth-order valence-electron chi connectivity index (χ4n) is 4.86. The SMILES string of the molecule is CCCSc1nc(N2CCCC(C(C)(C)C(=O)OCC)C2)ccc1C(=O)NC1CCCCC1. The Kier molecular flexibility index (Phi) is 9.47. The summed E-state index contributed by atoms with van der Waals surface area (Å²) in [5.74, 6) is 1.90. The van der Waals surface area contributed by atoms with Gasteiger partial charge in [-0.2, -0.15) is 0 Å². The lowest BCUT2D eigenvalue weighted by molar-refractivity contribution is -0.156. The fourth-order valence-corrected chi connectivity index (χ4v) is 5.73. The molecular formula is C26H41N3O3S. The molecular weight excluding hydrogens is 434 g/mol. The summed E-state index contributed by atoms with van der Waals surface area (Å²) >= 11 is 1.66. The first kappa shape index (κ1) is 25.9. The number of hydrogen-bond acceptors (Lipinski definition) is 6. The molecule has 0 spiro atoms. The predicted molar refractivity (Wildman–Crippen MR) is 135 cm³/mol. The summed E-state index contributed by atoms with van der Waals surface area (Å²) in [5.41, 5.74) is 0.150. The number of amides is 1. The van der Waals surface area contributed by atoms with E-state index in [4.69, 9.17) is 9.72 Å². The molecule has 0 bridgehead atoms. The molecule has 7 heteroatoms. The molecule has 1 N–H and O–H groups in total. The third-order valence-corrected chi connectivity index (χ3v) is 8.24. The molecule has 2 heterocycles. The molecule has 184 valence electrons. The summed E-state index contributed by atoms with van der Waals surface area (Å²) in [4.78, 5) is 32.9. The predicted octanol–water partition coefficient (Wildman–Crippen LogP) is 5.45. The van der Waals surface area contributed by atoms with E-state index < -0.39 is 5.41 Å². The minimum Gasteiger partial charge on any atom is -0.466 e. The number of carbonyl (C=O) groups is 2. The number of hydrogen-bond donors (Lipinski definition) is 1. The lowest BCUT2D eigenvalue weighted by Crippen LogP contribution is -2.45. The van der Waals surface area contributed by atoms with Crippen molar-refractivity contribution < 1.29 is 14.3 Å². The molecule has 6 nitrogen and oxygen atoms in total. The topological polar surface area (TPSA) is 71.5 Å². The first-order chi connectivity index (χ1) is 15.9. The van der Waals surface area contributed by atoms with Gasteiger partial charge in [-0.1, -0.05) is 26.2 Å². The molecule has 1 aromatic heterocycles. The molecule has 1 unspecified atom stereocenters. The summed E-state index contributed by atoms with van der Waals surface area (Å²) in [6.45, 7) is 10.1. The number of anilines is 1. The van der Waals surface area contributed by atoms with E-state index >= 15 is 0 Å². The van der Waals surface area contributed by atoms with Crippen LogP contribution >= 0.6 is 11.8 Å². The molecule has 1 atom stereocenters. The van der Waals surface area contributed by atoms with Gasteiger partial charge in [0.05, 0.1) is 17.6 Å². The van der Waals surface area contributed by atoms with Crippen molar-refractivity contribution in [2.75, 3.05) is 30.3 Å². The third-order valence-electron chi connectivity index (χ3n) is 7.04. The minimum absolute atomic E-state index is 0.000446. The number of pyridine rings is 1. The van der Waals surface area contributed by atoms with E-state index in [0.29, 0.717) is 12.2 Å². The molecule has 2 aliphatic rings. The summed E-state index contributed by atoms with van der Waals surface area (Å²) in [6, 6.07) is 4.20. The summed E-state index contributed by atoms with van der Waals surface area (Å²) < 4.78 is 5.35. The number of thioether (sulfide) groups is 1. The van der Waals surface area contributed by atoms with Gasteiger partial charge < -0.3 is 15.0 Å². The van der Waals surface area contributed by atoms with Gasteiger partial charge in [0.25, 0.3) is 5.91 Å². The molecule has 3 rings (SSSR count). The van der Waals surface area contributed by atoms with E-state index in [0.717, 1.165) is 61.8 Å². The maximum atomic E-state index is 13.1. The lowest BCUT2D eigenvalue weighted by atomic mass is 9.74. The first-order valence-electron chi connectivity index (χ1n) is 12.7. The van der Waals surface area contributed by atoms with Crippen molar-refractivity contribution in [3.05, 3.63) is 17.7 Å². The second-order valence-corrected chi connectivity index (χ2v) is 11.0. The fraction of sp³-hybridized carbons (Fsp3) is 0.731. The number of aromatic nitrogens is 1. The monoisotopic (exact) mass is 475 g/mol. The van der Waals surface area contributed by atoms with Crippen LogP contribution in [0.3, 0.4) is 0 Å².